The minimum atomic E-state index is -2.36. The molecular formula is C19H40N4Sn. The van der Waals surface area contributed by atoms with Crippen LogP contribution in [0.3, 0.4) is 0 Å². The molecule has 1 unspecified atom stereocenters. The molecule has 0 saturated carbocycles. The van der Waals surface area contributed by atoms with Gasteiger partial charge in [0.05, 0.1) is 0 Å². The molecule has 0 aromatic carbocycles. The summed E-state index contributed by atoms with van der Waals surface area (Å²) >= 11 is -2.36. The van der Waals surface area contributed by atoms with E-state index < -0.39 is 18.4 Å². The zero-order chi connectivity index (χ0) is 17.8. The molecule has 24 heavy (non-hydrogen) atoms. The fraction of sp³-hybridized carbons (Fsp3) is 0.842. The van der Waals surface area contributed by atoms with Crippen LogP contribution in [-0.2, 0) is 6.54 Å². The summed E-state index contributed by atoms with van der Waals surface area (Å²) in [5.74, 6) is 0. The molecule has 1 rings (SSSR count). The Morgan fingerprint density at radius 1 is 1.08 bits per heavy atom. The molecule has 0 aliphatic carbocycles. The van der Waals surface area contributed by atoms with E-state index in [0.717, 1.165) is 13.1 Å². The quantitative estimate of drug-likeness (QED) is 0.382. The van der Waals surface area contributed by atoms with E-state index in [1.165, 1.54) is 61.2 Å². The van der Waals surface area contributed by atoms with Gasteiger partial charge in [-0.15, -0.1) is 0 Å². The van der Waals surface area contributed by atoms with Crippen molar-refractivity contribution in [2.45, 2.75) is 92.1 Å². The van der Waals surface area contributed by atoms with Crippen molar-refractivity contribution in [2.24, 2.45) is 5.73 Å². The van der Waals surface area contributed by atoms with Gasteiger partial charge in [0, 0.05) is 0 Å². The Hall–Kier alpha value is -0.0713. The molecule has 0 aliphatic rings. The van der Waals surface area contributed by atoms with E-state index in [0.29, 0.717) is 0 Å². The average Bonchev–Trinajstić information content (AvgIpc) is 3.03. The Bertz CT molecular complexity index is 409. The maximum atomic E-state index is 5.82. The van der Waals surface area contributed by atoms with Crippen LogP contribution in [0.4, 0.5) is 0 Å². The fourth-order valence-electron chi connectivity index (χ4n) is 3.46. The summed E-state index contributed by atoms with van der Waals surface area (Å²) in [6, 6.07) is 2.59. The average molecular weight is 443 g/mol. The van der Waals surface area contributed by atoms with Crippen molar-refractivity contribution >= 4 is 22.1 Å². The molecule has 0 aliphatic heterocycles. The summed E-state index contributed by atoms with van der Waals surface area (Å²) in [4.78, 5) is 0. The number of aromatic nitrogens is 2. The second-order valence-corrected chi connectivity index (χ2v) is 20.5. The maximum absolute atomic E-state index is 5.82. The third kappa shape index (κ3) is 7.44. The van der Waals surface area contributed by atoms with Gasteiger partial charge in [0.25, 0.3) is 0 Å². The van der Waals surface area contributed by atoms with Gasteiger partial charge in [-0.1, -0.05) is 0 Å². The topological polar surface area (TPSA) is 66.7 Å². The molecule has 0 radical (unpaired) electrons. The van der Waals surface area contributed by atoms with E-state index in [1.54, 1.807) is 0 Å². The number of unbranched alkanes of at least 4 members (excludes halogenated alkanes) is 3. The van der Waals surface area contributed by atoms with E-state index in [9.17, 15) is 0 Å². The number of hydrogen-bond donors (Lipinski definition) is 3. The van der Waals surface area contributed by atoms with Gasteiger partial charge in [-0.05, 0) is 0 Å². The second-order valence-electron chi connectivity index (χ2n) is 7.48. The molecule has 1 aromatic rings. The number of rotatable bonds is 14. The molecule has 0 fully saturated rings. The molecule has 4 nitrogen and oxygen atoms in total. The van der Waals surface area contributed by atoms with Gasteiger partial charge in [0.15, 0.2) is 0 Å². The first-order chi connectivity index (χ1) is 11.6. The normalized spacial score (nSPS) is 13.4. The van der Waals surface area contributed by atoms with Crippen molar-refractivity contribution in [1.82, 2.24) is 15.5 Å². The van der Waals surface area contributed by atoms with Crippen molar-refractivity contribution < 1.29 is 0 Å². The molecule has 0 saturated heterocycles. The molecule has 140 valence electrons. The van der Waals surface area contributed by atoms with Crippen LogP contribution in [0.15, 0.2) is 6.07 Å². The molecular weight excluding hydrogens is 403 g/mol. The number of hydrogen-bond acceptors (Lipinski definition) is 3. The zero-order valence-electron chi connectivity index (χ0n) is 16.5. The van der Waals surface area contributed by atoms with Gasteiger partial charge in [0.2, 0.25) is 0 Å². The standard InChI is InChI=1S/C7H13N4.3C4H9.Sn/c1-6(8)4-9-5-7-2-3-10-11-7;3*1-3-4-2;/h2,6,9H,4-5,8H2,1H3,(H,10,11);3*1,3-4H2,2H3;. The molecule has 0 spiro atoms. The van der Waals surface area contributed by atoms with Crippen molar-refractivity contribution in [3.8, 4) is 0 Å². The Morgan fingerprint density at radius 3 is 2.08 bits per heavy atom. The molecule has 0 bridgehead atoms. The first-order valence-corrected chi connectivity index (χ1v) is 17.6. The van der Waals surface area contributed by atoms with Crippen LogP contribution >= 0.6 is 0 Å². The summed E-state index contributed by atoms with van der Waals surface area (Å²) in [6.45, 7) is 10.7. The predicted octanol–water partition coefficient (Wildman–Crippen LogP) is 3.90. The molecule has 0 amide bonds. The van der Waals surface area contributed by atoms with Crippen LogP contribution in [0, 0.1) is 0 Å². The molecule has 5 heteroatoms. The van der Waals surface area contributed by atoms with E-state index in [1.807, 2.05) is 6.92 Å². The van der Waals surface area contributed by atoms with Gasteiger partial charge in [-0.2, -0.15) is 0 Å². The summed E-state index contributed by atoms with van der Waals surface area (Å²) in [5, 5.41) is 11.6. The minimum absolute atomic E-state index is 0.198. The van der Waals surface area contributed by atoms with Crippen LogP contribution in [0.5, 0.6) is 0 Å². The van der Waals surface area contributed by atoms with Crippen molar-refractivity contribution in [1.29, 1.82) is 0 Å². The van der Waals surface area contributed by atoms with Gasteiger partial charge < -0.3 is 0 Å². The first-order valence-electron chi connectivity index (χ1n) is 10.1. The Balaban J connectivity index is 2.87. The van der Waals surface area contributed by atoms with E-state index in [2.05, 4.69) is 37.3 Å². The monoisotopic (exact) mass is 444 g/mol. The van der Waals surface area contributed by atoms with Gasteiger partial charge in [-0.3, -0.25) is 0 Å². The van der Waals surface area contributed by atoms with Crippen LogP contribution in [0.1, 0.15) is 71.9 Å². The Labute approximate surface area is 153 Å². The first kappa shape index (κ1) is 22.0. The number of aromatic amines is 1. The van der Waals surface area contributed by atoms with Crippen LogP contribution in [0.2, 0.25) is 13.3 Å². The van der Waals surface area contributed by atoms with Crippen LogP contribution < -0.4 is 14.8 Å². The van der Waals surface area contributed by atoms with E-state index in [-0.39, 0.29) is 6.04 Å². The van der Waals surface area contributed by atoms with Crippen LogP contribution in [-0.4, -0.2) is 41.2 Å². The summed E-state index contributed by atoms with van der Waals surface area (Å²) in [6.07, 6.45) is 8.08. The molecule has 1 atom stereocenters. The number of nitrogens with zero attached hydrogens (tertiary/aromatic N) is 1. The number of nitrogens with two attached hydrogens (primary N) is 1. The molecule has 4 N–H and O–H groups in total. The molecule has 1 aromatic heterocycles. The predicted molar refractivity (Wildman–Crippen MR) is 108 cm³/mol. The van der Waals surface area contributed by atoms with Crippen molar-refractivity contribution in [3.05, 3.63) is 11.8 Å². The number of nitrogens with one attached hydrogen (secondary N) is 2. The summed E-state index contributed by atoms with van der Waals surface area (Å²) in [5.41, 5.74) is 7.05. The van der Waals surface area contributed by atoms with Gasteiger partial charge >= 0.3 is 154 Å². The van der Waals surface area contributed by atoms with Crippen molar-refractivity contribution in [3.63, 3.8) is 0 Å². The second kappa shape index (κ2) is 12.3. The zero-order valence-corrected chi connectivity index (χ0v) is 19.3. The number of H-pyrrole nitrogens is 1. The Kier molecular flexibility index (Phi) is 11.3. The third-order valence-electron chi connectivity index (χ3n) is 4.98. The van der Waals surface area contributed by atoms with E-state index in [4.69, 9.17) is 10.8 Å². The SMILES string of the molecule is CCC[CH2][Sn]([CH2]CCC)([CH2]CCC)[c]1cc(CNCC(C)N)[nH]n1. The third-order valence-corrected chi connectivity index (χ3v) is 20.0. The van der Waals surface area contributed by atoms with Crippen LogP contribution in [0.25, 0.3) is 0 Å². The van der Waals surface area contributed by atoms with E-state index >= 15 is 0 Å². The summed E-state index contributed by atoms with van der Waals surface area (Å²) in [7, 11) is 0. The van der Waals surface area contributed by atoms with Gasteiger partial charge in [0.1, 0.15) is 0 Å². The summed E-state index contributed by atoms with van der Waals surface area (Å²) < 4.78 is 5.92. The van der Waals surface area contributed by atoms with Crippen molar-refractivity contribution in [2.75, 3.05) is 6.54 Å². The van der Waals surface area contributed by atoms with Gasteiger partial charge in [-0.25, -0.2) is 0 Å². The Morgan fingerprint density at radius 2 is 1.62 bits per heavy atom. The fourth-order valence-corrected chi connectivity index (χ4v) is 18.8. The molecule has 1 heterocycles.